The largest absolute Gasteiger partial charge is 0.330 e. The van der Waals surface area contributed by atoms with Gasteiger partial charge in [-0.2, -0.15) is 0 Å². The second-order valence-electron chi connectivity index (χ2n) is 3.27. The van der Waals surface area contributed by atoms with Gasteiger partial charge in [-0.25, -0.2) is 0 Å². The summed E-state index contributed by atoms with van der Waals surface area (Å²) in [5, 5.41) is 4.33. The highest BCUT2D eigenvalue weighted by Gasteiger charge is 2.05. The Morgan fingerprint density at radius 1 is 1.36 bits per heavy atom. The molecule has 2 aromatic rings. The number of rotatable bonds is 3. The van der Waals surface area contributed by atoms with Crippen LogP contribution in [0.2, 0.25) is 5.02 Å². The molecule has 2 N–H and O–H groups in total. The highest BCUT2D eigenvalue weighted by Crippen LogP contribution is 2.32. The van der Waals surface area contributed by atoms with Crippen LogP contribution in [0, 0.1) is 0 Å². The summed E-state index contributed by atoms with van der Waals surface area (Å²) < 4.78 is 1.20. The van der Waals surface area contributed by atoms with E-state index in [2.05, 4.69) is 11.4 Å². The molecule has 0 bridgehead atoms. The van der Waals surface area contributed by atoms with E-state index >= 15 is 0 Å². The molecule has 2 rings (SSSR count). The van der Waals surface area contributed by atoms with Crippen LogP contribution in [0.4, 0.5) is 0 Å². The highest BCUT2D eigenvalue weighted by molar-refractivity contribution is 7.18. The molecule has 0 atom stereocenters. The molecule has 0 aliphatic carbocycles. The van der Waals surface area contributed by atoms with Crippen molar-refractivity contribution in [1.29, 1.82) is 0 Å². The Morgan fingerprint density at radius 3 is 3.00 bits per heavy atom. The summed E-state index contributed by atoms with van der Waals surface area (Å²) in [6, 6.07) is 6.07. The first kappa shape index (κ1) is 9.97. The molecule has 0 amide bonds. The Hall–Kier alpha value is -0.570. The van der Waals surface area contributed by atoms with Crippen LogP contribution in [0.25, 0.3) is 10.1 Å². The van der Waals surface area contributed by atoms with Crippen LogP contribution in [-0.4, -0.2) is 6.54 Å². The molecule has 1 aromatic heterocycles. The van der Waals surface area contributed by atoms with Crippen molar-refractivity contribution in [3.8, 4) is 0 Å². The molecular weight excluding hydrogens is 214 g/mol. The van der Waals surface area contributed by atoms with E-state index in [0.717, 1.165) is 24.4 Å². The Balaban J connectivity index is 2.42. The van der Waals surface area contributed by atoms with Gasteiger partial charge in [-0.05, 0) is 41.8 Å². The lowest BCUT2D eigenvalue weighted by molar-refractivity contribution is 0.839. The van der Waals surface area contributed by atoms with E-state index in [-0.39, 0.29) is 0 Å². The van der Waals surface area contributed by atoms with Crippen LogP contribution in [0.5, 0.6) is 0 Å². The Morgan fingerprint density at radius 2 is 2.21 bits per heavy atom. The van der Waals surface area contributed by atoms with E-state index in [0.29, 0.717) is 0 Å². The van der Waals surface area contributed by atoms with Crippen molar-refractivity contribution in [2.45, 2.75) is 12.8 Å². The fourth-order valence-corrected chi connectivity index (χ4v) is 2.88. The van der Waals surface area contributed by atoms with Gasteiger partial charge in [0.25, 0.3) is 0 Å². The maximum absolute atomic E-state index is 6.09. The van der Waals surface area contributed by atoms with Gasteiger partial charge in [0, 0.05) is 0 Å². The third-order valence-electron chi connectivity index (χ3n) is 2.28. The first-order valence-electron chi connectivity index (χ1n) is 4.67. The van der Waals surface area contributed by atoms with Crippen LogP contribution >= 0.6 is 22.9 Å². The molecule has 0 aliphatic heterocycles. The minimum Gasteiger partial charge on any atom is -0.330 e. The van der Waals surface area contributed by atoms with E-state index in [9.17, 15) is 0 Å². The molecule has 1 nitrogen and oxygen atoms in total. The molecule has 0 unspecified atom stereocenters. The second kappa shape index (κ2) is 4.30. The fourth-order valence-electron chi connectivity index (χ4n) is 1.56. The van der Waals surface area contributed by atoms with E-state index in [1.807, 2.05) is 12.1 Å². The maximum Gasteiger partial charge on any atom is 0.0584 e. The number of thiophene rings is 1. The number of hydrogen-bond donors (Lipinski definition) is 1. The van der Waals surface area contributed by atoms with Gasteiger partial charge >= 0.3 is 0 Å². The second-order valence-corrected chi connectivity index (χ2v) is 4.56. The van der Waals surface area contributed by atoms with Gasteiger partial charge in [-0.1, -0.05) is 23.7 Å². The summed E-state index contributed by atoms with van der Waals surface area (Å²) in [6.45, 7) is 0.748. The first-order chi connectivity index (χ1) is 6.83. The summed E-state index contributed by atoms with van der Waals surface area (Å²) in [6.07, 6.45) is 2.09. The fraction of sp³-hybridized carbons (Fsp3) is 0.273. The molecule has 74 valence electrons. The van der Waals surface area contributed by atoms with Gasteiger partial charge in [-0.15, -0.1) is 11.3 Å². The van der Waals surface area contributed by atoms with Crippen molar-refractivity contribution < 1.29 is 0 Å². The summed E-state index contributed by atoms with van der Waals surface area (Å²) in [5.74, 6) is 0. The average Bonchev–Trinajstić information content (AvgIpc) is 2.60. The molecular formula is C11H12ClNS. The number of hydrogen-bond acceptors (Lipinski definition) is 2. The molecule has 0 radical (unpaired) electrons. The lowest BCUT2D eigenvalue weighted by Crippen LogP contribution is -1.99. The van der Waals surface area contributed by atoms with E-state index < -0.39 is 0 Å². The van der Waals surface area contributed by atoms with Crippen molar-refractivity contribution in [3.05, 3.63) is 34.2 Å². The molecule has 0 saturated heterocycles. The molecule has 1 aromatic carbocycles. The SMILES string of the molecule is NCCCc1csc2c(Cl)cccc12. The van der Waals surface area contributed by atoms with Crippen molar-refractivity contribution in [2.75, 3.05) is 6.54 Å². The molecule has 0 fully saturated rings. The predicted octanol–water partition coefficient (Wildman–Crippen LogP) is 3.45. The highest BCUT2D eigenvalue weighted by atomic mass is 35.5. The van der Waals surface area contributed by atoms with Gasteiger partial charge < -0.3 is 5.73 Å². The minimum atomic E-state index is 0.748. The molecule has 0 aliphatic rings. The van der Waals surface area contributed by atoms with Crippen molar-refractivity contribution in [2.24, 2.45) is 5.73 Å². The van der Waals surface area contributed by atoms with Crippen molar-refractivity contribution in [3.63, 3.8) is 0 Å². The number of fused-ring (bicyclic) bond motifs is 1. The normalized spacial score (nSPS) is 11.0. The summed E-state index contributed by atoms with van der Waals surface area (Å²) in [5.41, 5.74) is 6.87. The topological polar surface area (TPSA) is 26.0 Å². The van der Waals surface area contributed by atoms with Crippen LogP contribution in [0.1, 0.15) is 12.0 Å². The number of nitrogens with two attached hydrogens (primary N) is 1. The minimum absolute atomic E-state index is 0.748. The van der Waals surface area contributed by atoms with Gasteiger partial charge in [0.05, 0.1) is 9.72 Å². The zero-order valence-corrected chi connectivity index (χ0v) is 9.37. The monoisotopic (exact) mass is 225 g/mol. The molecule has 0 saturated carbocycles. The van der Waals surface area contributed by atoms with Crippen LogP contribution in [0.3, 0.4) is 0 Å². The zero-order chi connectivity index (χ0) is 9.97. The third kappa shape index (κ3) is 1.78. The Bertz CT molecular complexity index is 436. The Labute approximate surface area is 92.5 Å². The third-order valence-corrected chi connectivity index (χ3v) is 3.79. The molecule has 14 heavy (non-hydrogen) atoms. The lowest BCUT2D eigenvalue weighted by Gasteiger charge is -1.97. The summed E-state index contributed by atoms with van der Waals surface area (Å²) >= 11 is 7.81. The molecule has 3 heteroatoms. The van der Waals surface area contributed by atoms with Gasteiger partial charge in [0.2, 0.25) is 0 Å². The Kier molecular flexibility index (Phi) is 3.06. The van der Waals surface area contributed by atoms with Crippen molar-refractivity contribution in [1.82, 2.24) is 0 Å². The van der Waals surface area contributed by atoms with E-state index in [4.69, 9.17) is 17.3 Å². The van der Waals surface area contributed by atoms with E-state index in [1.165, 1.54) is 15.6 Å². The standard InChI is InChI=1S/C11H12ClNS/c12-10-5-1-4-9-8(3-2-6-13)7-14-11(9)10/h1,4-5,7H,2-3,6,13H2. The van der Waals surface area contributed by atoms with Crippen LogP contribution in [-0.2, 0) is 6.42 Å². The predicted molar refractivity (Wildman–Crippen MR) is 64.2 cm³/mol. The lowest BCUT2D eigenvalue weighted by atomic mass is 10.1. The molecule has 0 spiro atoms. The summed E-state index contributed by atoms with van der Waals surface area (Å²) in [4.78, 5) is 0. The summed E-state index contributed by atoms with van der Waals surface area (Å²) in [7, 11) is 0. The van der Waals surface area contributed by atoms with Crippen LogP contribution < -0.4 is 5.73 Å². The maximum atomic E-state index is 6.09. The number of aryl methyl sites for hydroxylation is 1. The zero-order valence-electron chi connectivity index (χ0n) is 7.79. The van der Waals surface area contributed by atoms with Gasteiger partial charge in [-0.3, -0.25) is 0 Å². The quantitative estimate of drug-likeness (QED) is 0.851. The van der Waals surface area contributed by atoms with E-state index in [1.54, 1.807) is 11.3 Å². The van der Waals surface area contributed by atoms with Gasteiger partial charge in [0.15, 0.2) is 0 Å². The van der Waals surface area contributed by atoms with Crippen LogP contribution in [0.15, 0.2) is 23.6 Å². The molecule has 1 heterocycles. The van der Waals surface area contributed by atoms with Gasteiger partial charge in [0.1, 0.15) is 0 Å². The number of halogens is 1. The average molecular weight is 226 g/mol. The van der Waals surface area contributed by atoms with Crippen molar-refractivity contribution >= 4 is 33.0 Å². The smallest absolute Gasteiger partial charge is 0.0584 e. The first-order valence-corrected chi connectivity index (χ1v) is 5.93. The number of benzene rings is 1.